The SMILES string of the molecule is O=C(Nc1ccccc1)Nc1ccc(Cl)cc1CP(=O)(O)O. The molecule has 0 aromatic heterocycles. The summed E-state index contributed by atoms with van der Waals surface area (Å²) in [6, 6.07) is 12.7. The maximum atomic E-state index is 11.9. The molecule has 8 heteroatoms. The van der Waals surface area contributed by atoms with Crippen LogP contribution in [0.3, 0.4) is 0 Å². The molecule has 0 aliphatic heterocycles. The van der Waals surface area contributed by atoms with Crippen LogP contribution in [0.1, 0.15) is 5.56 Å². The van der Waals surface area contributed by atoms with E-state index in [-0.39, 0.29) is 5.56 Å². The van der Waals surface area contributed by atoms with Crippen molar-refractivity contribution >= 4 is 36.6 Å². The molecule has 2 rings (SSSR count). The van der Waals surface area contributed by atoms with Crippen LogP contribution in [0.2, 0.25) is 5.02 Å². The van der Waals surface area contributed by atoms with E-state index in [4.69, 9.17) is 21.4 Å². The third kappa shape index (κ3) is 5.16. The van der Waals surface area contributed by atoms with Crippen molar-refractivity contribution in [3.63, 3.8) is 0 Å². The van der Waals surface area contributed by atoms with Gasteiger partial charge in [0.2, 0.25) is 0 Å². The Labute approximate surface area is 132 Å². The number of nitrogens with one attached hydrogen (secondary N) is 2. The van der Waals surface area contributed by atoms with Crippen LogP contribution < -0.4 is 10.6 Å². The number of carbonyl (C=O) groups is 1. The van der Waals surface area contributed by atoms with E-state index in [2.05, 4.69) is 10.6 Å². The van der Waals surface area contributed by atoms with Crippen LogP contribution in [0, 0.1) is 0 Å². The topological polar surface area (TPSA) is 98.7 Å². The van der Waals surface area contributed by atoms with Gasteiger partial charge in [0, 0.05) is 16.4 Å². The number of urea groups is 1. The molecule has 0 radical (unpaired) electrons. The van der Waals surface area contributed by atoms with Crippen LogP contribution in [0.25, 0.3) is 0 Å². The van der Waals surface area contributed by atoms with Gasteiger partial charge in [0.05, 0.1) is 6.16 Å². The molecule has 2 aromatic carbocycles. The van der Waals surface area contributed by atoms with Gasteiger partial charge in [-0.15, -0.1) is 0 Å². The molecule has 0 fully saturated rings. The Hall–Kier alpha value is -1.85. The van der Waals surface area contributed by atoms with Gasteiger partial charge in [0.1, 0.15) is 0 Å². The smallest absolute Gasteiger partial charge is 0.324 e. The second kappa shape index (κ2) is 6.94. The zero-order chi connectivity index (χ0) is 16.2. The minimum absolute atomic E-state index is 0.268. The van der Waals surface area contributed by atoms with E-state index in [9.17, 15) is 9.36 Å². The lowest BCUT2D eigenvalue weighted by Crippen LogP contribution is -2.20. The minimum Gasteiger partial charge on any atom is -0.324 e. The molecular weight excluding hydrogens is 327 g/mol. The van der Waals surface area contributed by atoms with E-state index < -0.39 is 19.8 Å². The quantitative estimate of drug-likeness (QED) is 0.638. The second-order valence-electron chi connectivity index (χ2n) is 4.57. The van der Waals surface area contributed by atoms with Crippen molar-refractivity contribution in [1.82, 2.24) is 0 Å². The maximum Gasteiger partial charge on any atom is 0.329 e. The lowest BCUT2D eigenvalue weighted by molar-refractivity contribution is 0.262. The Morgan fingerprint density at radius 3 is 2.41 bits per heavy atom. The predicted octanol–water partition coefficient (Wildman–Crippen LogP) is 3.66. The van der Waals surface area contributed by atoms with Crippen LogP contribution in [-0.4, -0.2) is 15.8 Å². The fraction of sp³-hybridized carbons (Fsp3) is 0.0714. The van der Waals surface area contributed by atoms with Crippen molar-refractivity contribution in [2.24, 2.45) is 0 Å². The molecule has 0 heterocycles. The zero-order valence-corrected chi connectivity index (χ0v) is 13.0. The highest BCUT2D eigenvalue weighted by molar-refractivity contribution is 7.50. The number of hydrogen-bond donors (Lipinski definition) is 4. The Balaban J connectivity index is 2.15. The summed E-state index contributed by atoms with van der Waals surface area (Å²) in [4.78, 5) is 30.1. The number of rotatable bonds is 4. The van der Waals surface area contributed by atoms with Crippen molar-refractivity contribution in [1.29, 1.82) is 0 Å². The molecule has 0 aliphatic rings. The minimum atomic E-state index is -4.27. The summed E-state index contributed by atoms with van der Waals surface area (Å²) < 4.78 is 11.2. The first kappa shape index (κ1) is 16.5. The third-order valence-electron chi connectivity index (χ3n) is 2.72. The van der Waals surface area contributed by atoms with E-state index in [1.165, 1.54) is 18.2 Å². The van der Waals surface area contributed by atoms with Crippen molar-refractivity contribution in [3.8, 4) is 0 Å². The zero-order valence-electron chi connectivity index (χ0n) is 11.4. The normalized spacial score (nSPS) is 11.0. The molecule has 0 spiro atoms. The number of amides is 2. The van der Waals surface area contributed by atoms with Gasteiger partial charge >= 0.3 is 13.6 Å². The number of hydrogen-bond acceptors (Lipinski definition) is 2. The number of para-hydroxylation sites is 1. The Bertz CT molecular complexity index is 718. The van der Waals surface area contributed by atoms with Gasteiger partial charge in [0.25, 0.3) is 0 Å². The third-order valence-corrected chi connectivity index (χ3v) is 3.71. The maximum absolute atomic E-state index is 11.9. The first-order valence-electron chi connectivity index (χ1n) is 6.29. The molecule has 4 N–H and O–H groups in total. The molecule has 6 nitrogen and oxygen atoms in total. The summed E-state index contributed by atoms with van der Waals surface area (Å²) in [7, 11) is -4.27. The van der Waals surface area contributed by atoms with Gasteiger partial charge in [-0.1, -0.05) is 29.8 Å². The highest BCUT2D eigenvalue weighted by Gasteiger charge is 2.18. The van der Waals surface area contributed by atoms with E-state index in [0.29, 0.717) is 16.4 Å². The van der Waals surface area contributed by atoms with Crippen LogP contribution in [-0.2, 0) is 10.7 Å². The van der Waals surface area contributed by atoms with Crippen molar-refractivity contribution in [2.45, 2.75) is 6.16 Å². The molecule has 0 saturated heterocycles. The molecule has 0 bridgehead atoms. The largest absolute Gasteiger partial charge is 0.329 e. The second-order valence-corrected chi connectivity index (χ2v) is 6.65. The van der Waals surface area contributed by atoms with Crippen LogP contribution in [0.15, 0.2) is 48.5 Å². The van der Waals surface area contributed by atoms with Gasteiger partial charge in [-0.2, -0.15) is 0 Å². The summed E-state index contributed by atoms with van der Waals surface area (Å²) >= 11 is 5.83. The molecule has 22 heavy (non-hydrogen) atoms. The van der Waals surface area contributed by atoms with Gasteiger partial charge in [-0.25, -0.2) is 4.79 Å². The molecule has 0 aliphatic carbocycles. The molecule has 0 atom stereocenters. The molecule has 2 aromatic rings. The monoisotopic (exact) mass is 340 g/mol. The lowest BCUT2D eigenvalue weighted by Gasteiger charge is -2.13. The molecule has 2 amide bonds. The van der Waals surface area contributed by atoms with Crippen molar-refractivity contribution < 1.29 is 19.1 Å². The Morgan fingerprint density at radius 2 is 1.77 bits per heavy atom. The van der Waals surface area contributed by atoms with Gasteiger partial charge < -0.3 is 20.4 Å². The number of carbonyl (C=O) groups excluding carboxylic acids is 1. The van der Waals surface area contributed by atoms with Crippen molar-refractivity contribution in [2.75, 3.05) is 10.6 Å². The number of halogens is 1. The number of benzene rings is 2. The highest BCUT2D eigenvalue weighted by atomic mass is 35.5. The number of anilines is 2. The van der Waals surface area contributed by atoms with Gasteiger partial charge in [0.15, 0.2) is 0 Å². The first-order valence-corrected chi connectivity index (χ1v) is 8.47. The van der Waals surface area contributed by atoms with E-state index >= 15 is 0 Å². The lowest BCUT2D eigenvalue weighted by atomic mass is 10.2. The Kier molecular flexibility index (Phi) is 5.21. The van der Waals surface area contributed by atoms with Crippen LogP contribution >= 0.6 is 19.2 Å². The Morgan fingerprint density at radius 1 is 1.09 bits per heavy atom. The average Bonchev–Trinajstić information content (AvgIpc) is 2.41. The van der Waals surface area contributed by atoms with Gasteiger partial charge in [-0.3, -0.25) is 4.57 Å². The molecule has 116 valence electrons. The highest BCUT2D eigenvalue weighted by Crippen LogP contribution is 2.41. The summed E-state index contributed by atoms with van der Waals surface area (Å²) in [6.45, 7) is 0. The first-order chi connectivity index (χ1) is 10.3. The van der Waals surface area contributed by atoms with Crippen LogP contribution in [0.4, 0.5) is 16.2 Å². The van der Waals surface area contributed by atoms with Crippen molar-refractivity contribution in [3.05, 3.63) is 59.1 Å². The van der Waals surface area contributed by atoms with E-state index in [0.717, 1.165) is 0 Å². The fourth-order valence-corrected chi connectivity index (χ4v) is 2.74. The van der Waals surface area contributed by atoms with E-state index in [1.807, 2.05) is 6.07 Å². The van der Waals surface area contributed by atoms with E-state index in [1.54, 1.807) is 24.3 Å². The summed E-state index contributed by atoms with van der Waals surface area (Å²) in [5.41, 5.74) is 1.16. The predicted molar refractivity (Wildman–Crippen MR) is 86.3 cm³/mol. The van der Waals surface area contributed by atoms with Crippen LogP contribution in [0.5, 0.6) is 0 Å². The fourth-order valence-electron chi connectivity index (χ4n) is 1.84. The summed E-state index contributed by atoms with van der Waals surface area (Å²) in [6.07, 6.45) is -0.505. The summed E-state index contributed by atoms with van der Waals surface area (Å²) in [5, 5.41) is 5.51. The molecule has 0 unspecified atom stereocenters. The molecule has 0 saturated carbocycles. The standard InChI is InChI=1S/C14H14ClN2O4P/c15-11-6-7-13(10(8-11)9-22(19,20)21)17-14(18)16-12-4-2-1-3-5-12/h1-8H,9H2,(H2,16,17,18)(H2,19,20,21). The molecular formula is C14H14ClN2O4P. The average molecular weight is 341 g/mol. The van der Waals surface area contributed by atoms with Gasteiger partial charge in [-0.05, 0) is 35.9 Å². The summed E-state index contributed by atoms with van der Waals surface area (Å²) in [5.74, 6) is 0.